The number of nitrogens with two attached hydrogens (primary N) is 1. The van der Waals surface area contributed by atoms with E-state index in [1.807, 2.05) is 16.7 Å². The molecule has 3 rings (SSSR count). The zero-order valence-corrected chi connectivity index (χ0v) is 23.8. The highest BCUT2D eigenvalue weighted by molar-refractivity contribution is 6.76. The Kier molecular flexibility index (Phi) is 11.0. The summed E-state index contributed by atoms with van der Waals surface area (Å²) in [5, 5.41) is 2.91. The number of hydrogen-bond acceptors (Lipinski definition) is 4. The maximum atomic E-state index is 14.1. The van der Waals surface area contributed by atoms with Gasteiger partial charge in [-0.2, -0.15) is 13.2 Å². The Hall–Kier alpha value is -1.27. The maximum Gasteiger partial charge on any atom is 0.390 e. The van der Waals surface area contributed by atoms with Crippen molar-refractivity contribution < 1.29 is 26.7 Å². The number of fused-ring (bicyclic) bond motifs is 1. The lowest BCUT2D eigenvalue weighted by atomic mass is 9.82. The van der Waals surface area contributed by atoms with Gasteiger partial charge in [-0.1, -0.05) is 25.7 Å². The Morgan fingerprint density at radius 3 is 2.59 bits per heavy atom. The molecule has 1 aromatic carbocycles. The summed E-state index contributed by atoms with van der Waals surface area (Å²) in [6.07, 6.45) is -4.48. The van der Waals surface area contributed by atoms with E-state index in [9.17, 15) is 22.0 Å². The number of halogens is 6. The van der Waals surface area contributed by atoms with Crippen LogP contribution in [0.5, 0.6) is 0 Å². The van der Waals surface area contributed by atoms with Crippen LogP contribution in [0.3, 0.4) is 0 Å². The summed E-state index contributed by atoms with van der Waals surface area (Å²) in [5.74, 6) is -2.61. The zero-order valence-electron chi connectivity index (χ0n) is 22.0. The van der Waals surface area contributed by atoms with Crippen molar-refractivity contribution in [3.8, 4) is 0 Å². The van der Waals surface area contributed by atoms with Gasteiger partial charge in [0.25, 0.3) is 0 Å². The third-order valence-electron chi connectivity index (χ3n) is 6.86. The fraction of sp³-hybridized carbons (Fsp3) is 0.720. The molecule has 0 amide bonds. The summed E-state index contributed by atoms with van der Waals surface area (Å²) in [7, 11) is -1.31. The van der Waals surface area contributed by atoms with Gasteiger partial charge in [-0.3, -0.25) is 0 Å². The van der Waals surface area contributed by atoms with Gasteiger partial charge in [-0.05, 0) is 49.4 Å². The minimum atomic E-state index is -4.22. The van der Waals surface area contributed by atoms with E-state index < -0.39 is 38.6 Å². The molecule has 0 unspecified atom stereocenters. The average Bonchev–Trinajstić information content (AvgIpc) is 3.11. The molecule has 0 bridgehead atoms. The predicted octanol–water partition coefficient (Wildman–Crippen LogP) is 7.20. The first-order valence-corrected chi connectivity index (χ1v) is 16.4. The lowest BCUT2D eigenvalue weighted by Gasteiger charge is -2.32. The molecule has 3 atom stereocenters. The average molecular weight is 571 g/mol. The van der Waals surface area contributed by atoms with E-state index in [0.29, 0.717) is 30.8 Å². The van der Waals surface area contributed by atoms with Crippen molar-refractivity contribution in [2.75, 3.05) is 13.2 Å². The molecule has 1 heterocycles. The van der Waals surface area contributed by atoms with Crippen molar-refractivity contribution in [1.82, 2.24) is 14.9 Å². The number of rotatable bonds is 11. The molecule has 0 spiro atoms. The Labute approximate surface area is 223 Å². The molecule has 5 nitrogen and oxygen atoms in total. The molecule has 1 aliphatic carbocycles. The van der Waals surface area contributed by atoms with Crippen molar-refractivity contribution in [2.24, 2.45) is 11.7 Å². The van der Waals surface area contributed by atoms with Gasteiger partial charge in [-0.25, -0.2) is 13.8 Å². The zero-order chi connectivity index (χ0) is 26.7. The molecule has 1 fully saturated rings. The van der Waals surface area contributed by atoms with E-state index in [4.69, 9.17) is 15.5 Å². The molecule has 0 radical (unpaired) electrons. The Bertz CT molecular complexity index is 1010. The first-order valence-electron chi connectivity index (χ1n) is 12.7. The molecule has 0 saturated heterocycles. The van der Waals surface area contributed by atoms with Crippen LogP contribution >= 0.6 is 12.4 Å². The van der Waals surface area contributed by atoms with Crippen LogP contribution in [0, 0.1) is 5.92 Å². The highest BCUT2D eigenvalue weighted by atomic mass is 35.5. The Morgan fingerprint density at radius 1 is 1.27 bits per heavy atom. The van der Waals surface area contributed by atoms with E-state index >= 15 is 0 Å². The van der Waals surface area contributed by atoms with Crippen LogP contribution in [0.4, 0.5) is 22.0 Å². The van der Waals surface area contributed by atoms with Gasteiger partial charge in [0.05, 0.1) is 23.5 Å². The minimum Gasteiger partial charge on any atom is -0.361 e. The molecule has 37 heavy (non-hydrogen) atoms. The molecule has 3 N–H and O–H groups in total. The second-order valence-electron chi connectivity index (χ2n) is 11.3. The predicted molar refractivity (Wildman–Crippen MR) is 142 cm³/mol. The maximum absolute atomic E-state index is 14.1. The smallest absolute Gasteiger partial charge is 0.361 e. The molecule has 1 aliphatic rings. The van der Waals surface area contributed by atoms with Gasteiger partial charge in [0.1, 0.15) is 12.6 Å². The summed E-state index contributed by atoms with van der Waals surface area (Å²) in [6, 6.07) is 5.48. The molecule has 1 aromatic heterocycles. The van der Waals surface area contributed by atoms with Gasteiger partial charge in [0.15, 0.2) is 0 Å². The largest absolute Gasteiger partial charge is 0.390 e. The SMILES string of the molecule is C[C@@H](NCCC(F)(F)F)c1ccc2nc([C@@H](N)[C@@H]3CCCC(F)(F)C3)n(COCC[Si](C)(C)C)c2c1.Cl. The van der Waals surface area contributed by atoms with Crippen LogP contribution in [0.2, 0.25) is 25.7 Å². The fourth-order valence-electron chi connectivity index (χ4n) is 4.63. The van der Waals surface area contributed by atoms with Crippen LogP contribution in [0.1, 0.15) is 62.5 Å². The standard InChI is InChI=1S/C25H39F5N4OSi.ClH/c1-17(32-11-10-25(28,29)30)18-7-8-20-21(14-18)34(16-35-12-13-36(2,3)4)23(33-20)22(31)19-6-5-9-24(26,27)15-19;/h7-8,14,17,19,22,32H,5-6,9-13,15-16,31H2,1-4H3;1H/t17-,19-,22+;/m1./s1. The van der Waals surface area contributed by atoms with E-state index in [-0.39, 0.29) is 44.6 Å². The summed E-state index contributed by atoms with van der Waals surface area (Å²) >= 11 is 0. The molecular formula is C25H40ClF5N4OSi. The number of imidazole rings is 1. The van der Waals surface area contributed by atoms with Gasteiger partial charge >= 0.3 is 6.18 Å². The summed E-state index contributed by atoms with van der Waals surface area (Å²) < 4.78 is 73.8. The normalized spacial score (nSPS) is 20.0. The van der Waals surface area contributed by atoms with Crippen LogP contribution in [0.25, 0.3) is 11.0 Å². The number of alkyl halides is 5. The van der Waals surface area contributed by atoms with E-state index in [1.54, 1.807) is 13.0 Å². The van der Waals surface area contributed by atoms with Crippen molar-refractivity contribution in [2.45, 2.75) is 95.6 Å². The van der Waals surface area contributed by atoms with Crippen molar-refractivity contribution >= 4 is 31.5 Å². The third kappa shape index (κ3) is 9.45. The monoisotopic (exact) mass is 570 g/mol. The van der Waals surface area contributed by atoms with Crippen molar-refractivity contribution in [1.29, 1.82) is 0 Å². The second kappa shape index (κ2) is 12.7. The van der Waals surface area contributed by atoms with Gasteiger partial charge < -0.3 is 20.4 Å². The van der Waals surface area contributed by atoms with Gasteiger partial charge in [0.2, 0.25) is 5.92 Å². The molecule has 1 saturated carbocycles. The number of aromatic nitrogens is 2. The lowest BCUT2D eigenvalue weighted by molar-refractivity contribution is -0.133. The van der Waals surface area contributed by atoms with Crippen molar-refractivity contribution in [3.63, 3.8) is 0 Å². The first-order chi connectivity index (χ1) is 16.7. The molecule has 2 aromatic rings. The van der Waals surface area contributed by atoms with Crippen LogP contribution in [-0.4, -0.2) is 42.9 Å². The Balaban J connectivity index is 0.00000481. The van der Waals surface area contributed by atoms with E-state index in [0.717, 1.165) is 17.1 Å². The van der Waals surface area contributed by atoms with Gasteiger partial charge in [0, 0.05) is 40.1 Å². The highest BCUT2D eigenvalue weighted by Crippen LogP contribution is 2.41. The summed E-state index contributed by atoms with van der Waals surface area (Å²) in [5.41, 5.74) is 8.74. The van der Waals surface area contributed by atoms with Gasteiger partial charge in [-0.15, -0.1) is 12.4 Å². The van der Waals surface area contributed by atoms with Crippen LogP contribution < -0.4 is 11.1 Å². The molecule has 212 valence electrons. The molecule has 12 heteroatoms. The van der Waals surface area contributed by atoms with Crippen LogP contribution in [0.15, 0.2) is 18.2 Å². The third-order valence-corrected chi connectivity index (χ3v) is 8.57. The summed E-state index contributed by atoms with van der Waals surface area (Å²) in [6.45, 7) is 9.15. The van der Waals surface area contributed by atoms with Crippen molar-refractivity contribution in [3.05, 3.63) is 29.6 Å². The highest BCUT2D eigenvalue weighted by Gasteiger charge is 2.40. The number of benzene rings is 1. The Morgan fingerprint density at radius 2 is 1.97 bits per heavy atom. The topological polar surface area (TPSA) is 65.1 Å². The van der Waals surface area contributed by atoms with Crippen LogP contribution in [-0.2, 0) is 11.5 Å². The number of nitrogens with zero attached hydrogens (tertiary/aromatic N) is 2. The van der Waals surface area contributed by atoms with E-state index in [1.165, 1.54) is 0 Å². The van der Waals surface area contributed by atoms with E-state index in [2.05, 4.69) is 25.0 Å². The fourth-order valence-corrected chi connectivity index (χ4v) is 5.38. The number of hydrogen-bond donors (Lipinski definition) is 2. The molecular weight excluding hydrogens is 531 g/mol. The lowest BCUT2D eigenvalue weighted by Crippen LogP contribution is -2.34. The second-order valence-corrected chi connectivity index (χ2v) is 16.9. The minimum absolute atomic E-state index is 0. The molecule has 0 aliphatic heterocycles. The number of nitrogens with one attached hydrogen (secondary N) is 1. The number of ether oxygens (including phenoxy) is 1. The quantitative estimate of drug-likeness (QED) is 0.170. The summed E-state index contributed by atoms with van der Waals surface area (Å²) in [4.78, 5) is 4.71. The first kappa shape index (κ1) is 31.9.